The second-order valence-corrected chi connectivity index (χ2v) is 7.01. The maximum absolute atomic E-state index is 12.3. The molecule has 0 spiro atoms. The third kappa shape index (κ3) is 4.41. The molecule has 1 aliphatic rings. The van der Waals surface area contributed by atoms with Crippen LogP contribution in [0.25, 0.3) is 0 Å². The summed E-state index contributed by atoms with van der Waals surface area (Å²) in [5.41, 5.74) is 3.78. The molecule has 0 unspecified atom stereocenters. The van der Waals surface area contributed by atoms with Gasteiger partial charge in [0.2, 0.25) is 0 Å². The molecule has 0 saturated heterocycles. The van der Waals surface area contributed by atoms with E-state index in [0.717, 1.165) is 48.4 Å². The molecule has 134 valence electrons. The third-order valence-corrected chi connectivity index (χ3v) is 5.01. The maximum Gasteiger partial charge on any atom is 0.272 e. The van der Waals surface area contributed by atoms with Crippen LogP contribution in [0.5, 0.6) is 0 Å². The number of carbonyl (C=O) groups excluding carboxylic acids is 1. The Hall–Kier alpha value is -1.85. The van der Waals surface area contributed by atoms with Crippen LogP contribution in [-0.4, -0.2) is 34.4 Å². The number of benzene rings is 1. The van der Waals surface area contributed by atoms with Gasteiger partial charge in [-0.2, -0.15) is 5.10 Å². The average Bonchev–Trinajstić information content (AvgIpc) is 2.99. The van der Waals surface area contributed by atoms with Gasteiger partial charge in [0.05, 0.1) is 6.61 Å². The van der Waals surface area contributed by atoms with E-state index < -0.39 is 0 Å². The number of nitrogens with one attached hydrogen (secondary N) is 2. The summed E-state index contributed by atoms with van der Waals surface area (Å²) < 4.78 is 0. The van der Waals surface area contributed by atoms with Gasteiger partial charge in [-0.05, 0) is 43.4 Å². The molecule has 0 aliphatic heterocycles. The summed E-state index contributed by atoms with van der Waals surface area (Å²) in [5, 5.41) is 19.8. The first-order valence-electron chi connectivity index (χ1n) is 8.89. The van der Waals surface area contributed by atoms with E-state index in [2.05, 4.69) is 21.6 Å². The number of rotatable bonds is 5. The molecule has 3 rings (SSSR count). The SMILES string of the molecule is O=C(NCCO)c1n[nH]c2c1CCCCC[C@@H]2Cc1cccc(Cl)c1. The number of aliphatic hydroxyl groups excluding tert-OH is 1. The van der Waals surface area contributed by atoms with Crippen LogP contribution in [-0.2, 0) is 12.8 Å². The molecular weight excluding hydrogens is 338 g/mol. The fraction of sp³-hybridized carbons (Fsp3) is 0.474. The molecule has 1 atom stereocenters. The lowest BCUT2D eigenvalue weighted by atomic mass is 9.85. The van der Waals surface area contributed by atoms with Gasteiger partial charge in [0.1, 0.15) is 0 Å². The highest BCUT2D eigenvalue weighted by Crippen LogP contribution is 2.33. The first kappa shape index (κ1) is 18.0. The first-order valence-corrected chi connectivity index (χ1v) is 9.27. The van der Waals surface area contributed by atoms with E-state index in [9.17, 15) is 4.79 Å². The van der Waals surface area contributed by atoms with E-state index in [1.54, 1.807) is 0 Å². The number of hydrogen-bond donors (Lipinski definition) is 3. The molecule has 1 aliphatic carbocycles. The van der Waals surface area contributed by atoms with Crippen LogP contribution < -0.4 is 5.32 Å². The topological polar surface area (TPSA) is 78.0 Å². The van der Waals surface area contributed by atoms with Crippen LogP contribution in [0.2, 0.25) is 5.02 Å². The summed E-state index contributed by atoms with van der Waals surface area (Å²) in [6.45, 7) is 0.169. The van der Waals surface area contributed by atoms with E-state index in [0.29, 0.717) is 11.6 Å². The highest BCUT2D eigenvalue weighted by molar-refractivity contribution is 6.30. The highest BCUT2D eigenvalue weighted by atomic mass is 35.5. The minimum Gasteiger partial charge on any atom is -0.395 e. The molecule has 3 N–H and O–H groups in total. The van der Waals surface area contributed by atoms with Crippen LogP contribution in [0.1, 0.15) is 58.9 Å². The highest BCUT2D eigenvalue weighted by Gasteiger charge is 2.26. The summed E-state index contributed by atoms with van der Waals surface area (Å²) in [7, 11) is 0. The lowest BCUT2D eigenvalue weighted by molar-refractivity contribution is 0.0938. The van der Waals surface area contributed by atoms with Gasteiger partial charge in [0.15, 0.2) is 5.69 Å². The van der Waals surface area contributed by atoms with Gasteiger partial charge in [0, 0.05) is 28.7 Å². The predicted molar refractivity (Wildman–Crippen MR) is 98.1 cm³/mol. The lowest BCUT2D eigenvalue weighted by Crippen LogP contribution is -2.27. The van der Waals surface area contributed by atoms with Crippen LogP contribution in [0.3, 0.4) is 0 Å². The Morgan fingerprint density at radius 3 is 3.04 bits per heavy atom. The van der Waals surface area contributed by atoms with Crippen molar-refractivity contribution in [3.05, 3.63) is 51.8 Å². The molecule has 1 heterocycles. The Balaban J connectivity index is 1.86. The number of amides is 1. The van der Waals surface area contributed by atoms with Gasteiger partial charge in [-0.1, -0.05) is 36.6 Å². The molecule has 0 fully saturated rings. The first-order chi connectivity index (χ1) is 12.2. The normalized spacial score (nSPS) is 17.4. The van der Waals surface area contributed by atoms with Gasteiger partial charge in [-0.15, -0.1) is 0 Å². The zero-order chi connectivity index (χ0) is 17.6. The van der Waals surface area contributed by atoms with Crippen LogP contribution in [0.15, 0.2) is 24.3 Å². The van der Waals surface area contributed by atoms with Crippen molar-refractivity contribution in [3.63, 3.8) is 0 Å². The summed E-state index contributed by atoms with van der Waals surface area (Å²) in [5.74, 6) is 0.0919. The number of hydrogen-bond acceptors (Lipinski definition) is 3. The minimum atomic E-state index is -0.214. The van der Waals surface area contributed by atoms with Crippen molar-refractivity contribution >= 4 is 17.5 Å². The zero-order valence-electron chi connectivity index (χ0n) is 14.2. The molecule has 6 heteroatoms. The quantitative estimate of drug-likeness (QED) is 0.765. The standard InChI is InChI=1S/C19H24ClN3O2/c20-15-7-4-5-13(12-15)11-14-6-2-1-3-8-16-17(14)22-23-18(16)19(25)21-9-10-24/h4-5,7,12,14,24H,1-3,6,8-11H2,(H,21,25)(H,22,23)/t14-/m1/s1. The van der Waals surface area contributed by atoms with Crippen LogP contribution in [0.4, 0.5) is 0 Å². The minimum absolute atomic E-state index is 0.0737. The number of halogens is 1. The van der Waals surface area contributed by atoms with Crippen molar-refractivity contribution in [3.8, 4) is 0 Å². The van der Waals surface area contributed by atoms with Crippen molar-refractivity contribution in [1.82, 2.24) is 15.5 Å². The predicted octanol–water partition coefficient (Wildman–Crippen LogP) is 3.23. The maximum atomic E-state index is 12.3. The number of carbonyl (C=O) groups is 1. The fourth-order valence-corrected chi connectivity index (χ4v) is 3.79. The molecular formula is C19H24ClN3O2. The molecule has 25 heavy (non-hydrogen) atoms. The molecule has 0 bridgehead atoms. The van der Waals surface area contributed by atoms with E-state index in [-0.39, 0.29) is 19.1 Å². The van der Waals surface area contributed by atoms with E-state index >= 15 is 0 Å². The van der Waals surface area contributed by atoms with Gasteiger partial charge in [0.25, 0.3) is 5.91 Å². The van der Waals surface area contributed by atoms with E-state index in [1.165, 1.54) is 12.0 Å². The van der Waals surface area contributed by atoms with Crippen molar-refractivity contribution < 1.29 is 9.90 Å². The Kier molecular flexibility index (Phi) is 6.10. The summed E-state index contributed by atoms with van der Waals surface area (Å²) in [6, 6.07) is 7.96. The van der Waals surface area contributed by atoms with E-state index in [4.69, 9.17) is 16.7 Å². The molecule has 1 aromatic carbocycles. The summed E-state index contributed by atoms with van der Waals surface area (Å²) in [6.07, 6.45) is 6.22. The van der Waals surface area contributed by atoms with Crippen molar-refractivity contribution in [2.45, 2.75) is 44.4 Å². The fourth-order valence-electron chi connectivity index (χ4n) is 3.58. The molecule has 0 saturated carbocycles. The number of H-pyrrole nitrogens is 1. The third-order valence-electron chi connectivity index (χ3n) is 4.77. The smallest absolute Gasteiger partial charge is 0.272 e. The zero-order valence-corrected chi connectivity index (χ0v) is 15.0. The van der Waals surface area contributed by atoms with E-state index in [1.807, 2.05) is 18.2 Å². The van der Waals surface area contributed by atoms with Crippen molar-refractivity contribution in [2.24, 2.45) is 0 Å². The molecule has 2 aromatic rings. The van der Waals surface area contributed by atoms with Crippen molar-refractivity contribution in [2.75, 3.05) is 13.2 Å². The van der Waals surface area contributed by atoms with Gasteiger partial charge >= 0.3 is 0 Å². The van der Waals surface area contributed by atoms with Crippen LogP contribution in [0, 0.1) is 0 Å². The largest absolute Gasteiger partial charge is 0.395 e. The molecule has 0 radical (unpaired) electrons. The van der Waals surface area contributed by atoms with Gasteiger partial charge in [-0.3, -0.25) is 9.89 Å². The number of aromatic amines is 1. The van der Waals surface area contributed by atoms with Crippen LogP contribution >= 0.6 is 11.6 Å². The van der Waals surface area contributed by atoms with Crippen molar-refractivity contribution in [1.29, 1.82) is 0 Å². The lowest BCUT2D eigenvalue weighted by Gasteiger charge is -2.20. The number of aromatic nitrogens is 2. The Labute approximate surface area is 152 Å². The Morgan fingerprint density at radius 2 is 2.24 bits per heavy atom. The summed E-state index contributed by atoms with van der Waals surface area (Å²) >= 11 is 6.12. The second-order valence-electron chi connectivity index (χ2n) is 6.57. The second kappa shape index (κ2) is 8.50. The van der Waals surface area contributed by atoms with Gasteiger partial charge < -0.3 is 10.4 Å². The Bertz CT molecular complexity index is 729. The average molecular weight is 362 g/mol. The molecule has 5 nitrogen and oxygen atoms in total. The molecule has 1 amide bonds. The number of aliphatic hydroxyl groups is 1. The number of fused-ring (bicyclic) bond motifs is 1. The molecule has 1 aromatic heterocycles. The monoisotopic (exact) mass is 361 g/mol. The Morgan fingerprint density at radius 1 is 1.36 bits per heavy atom. The summed E-state index contributed by atoms with van der Waals surface area (Å²) in [4.78, 5) is 12.3. The van der Waals surface area contributed by atoms with Gasteiger partial charge in [-0.25, -0.2) is 0 Å². The number of nitrogens with zero attached hydrogens (tertiary/aromatic N) is 1.